The lowest BCUT2D eigenvalue weighted by atomic mass is 9.99. The van der Waals surface area contributed by atoms with E-state index < -0.39 is 0 Å². The van der Waals surface area contributed by atoms with Gasteiger partial charge in [-0.25, -0.2) is 0 Å². The van der Waals surface area contributed by atoms with Crippen molar-refractivity contribution in [3.63, 3.8) is 0 Å². The van der Waals surface area contributed by atoms with E-state index in [0.717, 1.165) is 12.0 Å². The average Bonchev–Trinajstić information content (AvgIpc) is 2.99. The molecule has 1 aromatic rings. The number of piperidine rings is 1. The van der Waals surface area contributed by atoms with Crippen LogP contribution in [0.5, 0.6) is 0 Å². The van der Waals surface area contributed by atoms with Crippen molar-refractivity contribution in [3.8, 4) is 6.07 Å². The number of hydrogen-bond donors (Lipinski definition) is 0. The van der Waals surface area contributed by atoms with E-state index in [0.29, 0.717) is 12.5 Å². The first-order chi connectivity index (χ1) is 8.38. The summed E-state index contributed by atoms with van der Waals surface area (Å²) in [5.41, 5.74) is 1.31. The zero-order valence-corrected chi connectivity index (χ0v) is 10.0. The molecular formula is C15H18N2. The van der Waals surface area contributed by atoms with Gasteiger partial charge in [-0.05, 0) is 30.7 Å². The van der Waals surface area contributed by atoms with Gasteiger partial charge in [0.05, 0.1) is 12.5 Å². The van der Waals surface area contributed by atoms with Gasteiger partial charge in [0.15, 0.2) is 0 Å². The van der Waals surface area contributed by atoms with Gasteiger partial charge >= 0.3 is 0 Å². The van der Waals surface area contributed by atoms with Crippen LogP contribution in [0.2, 0.25) is 0 Å². The van der Waals surface area contributed by atoms with E-state index in [1.54, 1.807) is 0 Å². The molecule has 3 rings (SSSR count). The van der Waals surface area contributed by atoms with E-state index in [1.165, 1.54) is 31.4 Å². The zero-order chi connectivity index (χ0) is 11.7. The zero-order valence-electron chi connectivity index (χ0n) is 10.0. The maximum Gasteiger partial charge on any atom is 0.0641 e. The van der Waals surface area contributed by atoms with Gasteiger partial charge in [0.25, 0.3) is 0 Å². The van der Waals surface area contributed by atoms with E-state index in [2.05, 4.69) is 35.2 Å². The minimum absolute atomic E-state index is 0.316. The molecule has 2 fully saturated rings. The molecule has 2 aliphatic rings. The summed E-state index contributed by atoms with van der Waals surface area (Å²) in [5, 5.41) is 9.05. The molecule has 17 heavy (non-hydrogen) atoms. The molecule has 2 nitrogen and oxygen atoms in total. The number of nitrogens with zero attached hydrogens (tertiary/aromatic N) is 2. The summed E-state index contributed by atoms with van der Waals surface area (Å²) in [4.78, 5) is 2.58. The molecule has 1 aromatic carbocycles. The van der Waals surface area contributed by atoms with Crippen LogP contribution in [0.15, 0.2) is 30.3 Å². The number of fused-ring (bicyclic) bond motifs is 2. The van der Waals surface area contributed by atoms with Crippen molar-refractivity contribution in [1.82, 2.24) is 4.90 Å². The highest BCUT2D eigenvalue weighted by Gasteiger charge is 2.41. The lowest BCUT2D eigenvalue weighted by Crippen LogP contribution is -2.35. The van der Waals surface area contributed by atoms with Crippen molar-refractivity contribution < 1.29 is 0 Å². The minimum Gasteiger partial charge on any atom is -0.292 e. The Kier molecular flexibility index (Phi) is 2.86. The Morgan fingerprint density at radius 3 is 2.71 bits per heavy atom. The summed E-state index contributed by atoms with van der Waals surface area (Å²) in [7, 11) is 0. The van der Waals surface area contributed by atoms with Crippen LogP contribution in [0.25, 0.3) is 0 Å². The van der Waals surface area contributed by atoms with Gasteiger partial charge in [-0.1, -0.05) is 30.3 Å². The summed E-state index contributed by atoms with van der Waals surface area (Å²) in [6.45, 7) is 1.20. The van der Waals surface area contributed by atoms with Crippen molar-refractivity contribution in [3.05, 3.63) is 35.9 Å². The molecule has 0 spiro atoms. The number of likely N-dealkylation sites (tertiary alicyclic amines) is 1. The van der Waals surface area contributed by atoms with Crippen LogP contribution in [-0.2, 0) is 0 Å². The highest BCUT2D eigenvalue weighted by molar-refractivity contribution is 5.21. The van der Waals surface area contributed by atoms with Crippen LogP contribution < -0.4 is 0 Å². The highest BCUT2D eigenvalue weighted by Crippen LogP contribution is 2.42. The Hall–Kier alpha value is -1.33. The van der Waals surface area contributed by atoms with Crippen LogP contribution in [0.3, 0.4) is 0 Å². The third-order valence-corrected chi connectivity index (χ3v) is 4.32. The van der Waals surface area contributed by atoms with Gasteiger partial charge in [-0.3, -0.25) is 4.90 Å². The first-order valence-electron chi connectivity index (χ1n) is 6.56. The molecule has 0 N–H and O–H groups in total. The van der Waals surface area contributed by atoms with E-state index in [4.69, 9.17) is 5.26 Å². The van der Waals surface area contributed by atoms with E-state index in [9.17, 15) is 0 Å². The first kappa shape index (κ1) is 10.8. The van der Waals surface area contributed by atoms with Gasteiger partial charge < -0.3 is 0 Å². The average molecular weight is 226 g/mol. The number of nitriles is 1. The van der Waals surface area contributed by atoms with Gasteiger partial charge in [0.1, 0.15) is 0 Å². The number of hydrogen-bond acceptors (Lipinski definition) is 2. The molecule has 1 saturated carbocycles. The lowest BCUT2D eigenvalue weighted by molar-refractivity contribution is 0.151. The fourth-order valence-corrected chi connectivity index (χ4v) is 3.53. The molecule has 0 radical (unpaired) electrons. The predicted molar refractivity (Wildman–Crippen MR) is 67.2 cm³/mol. The quantitative estimate of drug-likeness (QED) is 0.791. The third-order valence-electron chi connectivity index (χ3n) is 4.32. The van der Waals surface area contributed by atoms with E-state index >= 15 is 0 Å². The van der Waals surface area contributed by atoms with Crippen molar-refractivity contribution in [2.75, 3.05) is 6.54 Å². The Balaban J connectivity index is 1.84. The standard InChI is InChI=1S/C15H18N2/c16-9-8-15(13-4-2-1-3-5-13)17-11-12-6-7-14(17)10-12/h1-5,12,14-15H,6-8,10-11H2. The van der Waals surface area contributed by atoms with Crippen LogP contribution in [0, 0.1) is 17.2 Å². The van der Waals surface area contributed by atoms with Crippen molar-refractivity contribution in [2.24, 2.45) is 5.92 Å². The van der Waals surface area contributed by atoms with Crippen LogP contribution >= 0.6 is 0 Å². The van der Waals surface area contributed by atoms with Gasteiger partial charge in [0.2, 0.25) is 0 Å². The molecule has 2 bridgehead atoms. The van der Waals surface area contributed by atoms with Gasteiger partial charge in [0, 0.05) is 18.6 Å². The molecule has 1 heterocycles. The fraction of sp³-hybridized carbons (Fsp3) is 0.533. The summed E-state index contributed by atoms with van der Waals surface area (Å²) in [6.07, 6.45) is 4.71. The summed E-state index contributed by atoms with van der Waals surface area (Å²) < 4.78 is 0. The summed E-state index contributed by atoms with van der Waals surface area (Å²) in [5.74, 6) is 0.893. The predicted octanol–water partition coefficient (Wildman–Crippen LogP) is 3.13. The summed E-state index contributed by atoms with van der Waals surface area (Å²) in [6, 6.07) is 13.9. The second-order valence-electron chi connectivity index (χ2n) is 5.32. The van der Waals surface area contributed by atoms with Crippen LogP contribution in [0.4, 0.5) is 0 Å². The van der Waals surface area contributed by atoms with Crippen molar-refractivity contribution in [2.45, 2.75) is 37.8 Å². The van der Waals surface area contributed by atoms with Gasteiger partial charge in [-0.2, -0.15) is 5.26 Å². The van der Waals surface area contributed by atoms with Crippen molar-refractivity contribution in [1.29, 1.82) is 5.26 Å². The molecule has 3 unspecified atom stereocenters. The van der Waals surface area contributed by atoms with E-state index in [1.807, 2.05) is 6.07 Å². The molecule has 88 valence electrons. The summed E-state index contributed by atoms with van der Waals surface area (Å²) >= 11 is 0. The molecule has 3 atom stereocenters. The minimum atomic E-state index is 0.316. The fourth-order valence-electron chi connectivity index (χ4n) is 3.53. The second-order valence-corrected chi connectivity index (χ2v) is 5.32. The lowest BCUT2D eigenvalue weighted by Gasteiger charge is -2.34. The smallest absolute Gasteiger partial charge is 0.0641 e. The topological polar surface area (TPSA) is 27.0 Å². The molecule has 0 amide bonds. The molecule has 1 aliphatic heterocycles. The Bertz CT molecular complexity index is 420. The Morgan fingerprint density at radius 2 is 2.12 bits per heavy atom. The normalized spacial score (nSPS) is 29.1. The van der Waals surface area contributed by atoms with Gasteiger partial charge in [-0.15, -0.1) is 0 Å². The highest BCUT2D eigenvalue weighted by atomic mass is 15.2. The maximum atomic E-state index is 9.05. The third kappa shape index (κ3) is 1.96. The molecule has 1 saturated heterocycles. The SMILES string of the molecule is N#CCC(c1ccccc1)N1CC2CCC1C2. The van der Waals surface area contributed by atoms with E-state index in [-0.39, 0.29) is 0 Å². The number of rotatable bonds is 3. The Labute approximate surface area is 103 Å². The first-order valence-corrected chi connectivity index (χ1v) is 6.56. The molecule has 1 aliphatic carbocycles. The second kappa shape index (κ2) is 4.50. The monoisotopic (exact) mass is 226 g/mol. The largest absolute Gasteiger partial charge is 0.292 e. The molecular weight excluding hydrogens is 208 g/mol. The Morgan fingerprint density at radius 1 is 1.29 bits per heavy atom. The van der Waals surface area contributed by atoms with Crippen LogP contribution in [0.1, 0.15) is 37.3 Å². The van der Waals surface area contributed by atoms with Crippen LogP contribution in [-0.4, -0.2) is 17.5 Å². The molecule has 0 aromatic heterocycles. The van der Waals surface area contributed by atoms with Crippen molar-refractivity contribution >= 4 is 0 Å². The number of benzene rings is 1. The molecule has 2 heteroatoms. The maximum absolute atomic E-state index is 9.05.